The number of hydrogen-bond donors (Lipinski definition) is 2. The highest BCUT2D eigenvalue weighted by molar-refractivity contribution is 7.99. The molecule has 2 heterocycles. The van der Waals surface area contributed by atoms with Gasteiger partial charge in [-0.3, -0.25) is 0 Å². The second kappa shape index (κ2) is 10.8. The quantitative estimate of drug-likeness (QED) is 0.349. The summed E-state index contributed by atoms with van der Waals surface area (Å²) in [6, 6.07) is 2.15. The highest BCUT2D eigenvalue weighted by atomic mass is 32.2. The van der Waals surface area contributed by atoms with Crippen molar-refractivity contribution in [1.82, 2.24) is 10.2 Å². The predicted octanol–water partition coefficient (Wildman–Crippen LogP) is 6.70. The summed E-state index contributed by atoms with van der Waals surface area (Å²) in [6.07, 6.45) is 19.2. The number of nitrogens with one attached hydrogen (secondary N) is 1. The van der Waals surface area contributed by atoms with Gasteiger partial charge < -0.3 is 19.7 Å². The first-order valence-corrected chi connectivity index (χ1v) is 16.8. The van der Waals surface area contributed by atoms with Gasteiger partial charge in [0.15, 0.2) is 0 Å². The summed E-state index contributed by atoms with van der Waals surface area (Å²) < 4.78 is 5.47. The van der Waals surface area contributed by atoms with Crippen LogP contribution in [0.5, 0.6) is 0 Å². The molecule has 0 spiro atoms. The van der Waals surface area contributed by atoms with Gasteiger partial charge in [0.05, 0.1) is 18.1 Å². The van der Waals surface area contributed by atoms with Crippen molar-refractivity contribution < 1.29 is 9.52 Å². The average Bonchev–Trinajstić information content (AvgIpc) is 3.65. The Morgan fingerprint density at radius 1 is 1.03 bits per heavy atom. The summed E-state index contributed by atoms with van der Waals surface area (Å²) in [7, 11) is 0. The van der Waals surface area contributed by atoms with Gasteiger partial charge in [0.25, 0.3) is 0 Å². The molecule has 6 rings (SSSR count). The minimum Gasteiger partial charge on any atom is -0.472 e. The van der Waals surface area contributed by atoms with Crippen LogP contribution >= 0.6 is 11.8 Å². The van der Waals surface area contributed by atoms with E-state index in [1.165, 1.54) is 102 Å². The smallest absolute Gasteiger partial charge is 0.0937 e. The first-order chi connectivity index (χ1) is 17.9. The van der Waals surface area contributed by atoms with E-state index in [0.717, 1.165) is 30.6 Å². The Morgan fingerprint density at radius 2 is 1.89 bits per heavy atom. The number of fused-ring (bicyclic) bond motifs is 5. The van der Waals surface area contributed by atoms with Crippen LogP contribution < -0.4 is 5.32 Å². The number of nitrogens with zero attached hydrogens (tertiary/aromatic N) is 1. The first kappa shape index (κ1) is 26.7. The second-order valence-electron chi connectivity index (χ2n) is 13.9. The van der Waals surface area contributed by atoms with Gasteiger partial charge in [-0.05, 0) is 144 Å². The minimum absolute atomic E-state index is 0.00420. The fourth-order valence-corrected chi connectivity index (χ4v) is 11.4. The largest absolute Gasteiger partial charge is 0.472 e. The Morgan fingerprint density at radius 3 is 2.70 bits per heavy atom. The lowest BCUT2D eigenvalue weighted by atomic mass is 9.43. The number of likely N-dealkylation sites (tertiary alicyclic amines) is 1. The number of hydrogen-bond acceptors (Lipinski definition) is 5. The van der Waals surface area contributed by atoms with Crippen LogP contribution in [-0.4, -0.2) is 59.3 Å². The molecule has 0 unspecified atom stereocenters. The third-order valence-corrected chi connectivity index (χ3v) is 13.7. The number of aliphatic hydroxyl groups is 1. The van der Waals surface area contributed by atoms with Gasteiger partial charge in [-0.2, -0.15) is 11.8 Å². The van der Waals surface area contributed by atoms with Gasteiger partial charge in [0.1, 0.15) is 0 Å². The van der Waals surface area contributed by atoms with Crippen LogP contribution in [0.4, 0.5) is 0 Å². The molecule has 2 N–H and O–H groups in total. The van der Waals surface area contributed by atoms with Crippen molar-refractivity contribution in [1.29, 1.82) is 0 Å². The maximum Gasteiger partial charge on any atom is 0.0937 e. The SMILES string of the molecule is C[C@]12CC[C@H](SCCNCCCN3CCCC3)C[C@H]1CC[C@@H]1[C@@H]2CC[C@]2(C)[C@@H](c3ccoc3)CC[C@]12O. The van der Waals surface area contributed by atoms with E-state index in [9.17, 15) is 5.11 Å². The molecule has 208 valence electrons. The van der Waals surface area contributed by atoms with E-state index in [4.69, 9.17) is 4.42 Å². The van der Waals surface area contributed by atoms with Crippen LogP contribution in [0.25, 0.3) is 0 Å². The average molecular weight is 529 g/mol. The molecular weight excluding hydrogens is 476 g/mol. The predicted molar refractivity (Wildman–Crippen MR) is 154 cm³/mol. The number of furan rings is 1. The zero-order valence-corrected chi connectivity index (χ0v) is 24.4. The molecule has 5 heteroatoms. The third-order valence-electron chi connectivity index (χ3n) is 12.4. The topological polar surface area (TPSA) is 48.6 Å². The maximum absolute atomic E-state index is 12.4. The van der Waals surface area contributed by atoms with E-state index < -0.39 is 5.60 Å². The van der Waals surface area contributed by atoms with E-state index in [1.807, 2.05) is 12.5 Å². The highest BCUT2D eigenvalue weighted by Crippen LogP contribution is 2.70. The summed E-state index contributed by atoms with van der Waals surface area (Å²) in [4.78, 5) is 2.63. The Labute approximate surface area is 230 Å². The molecule has 8 atom stereocenters. The van der Waals surface area contributed by atoms with Crippen molar-refractivity contribution in [2.45, 2.75) is 108 Å². The lowest BCUT2D eigenvalue weighted by Crippen LogP contribution is -2.61. The van der Waals surface area contributed by atoms with Crippen LogP contribution in [0, 0.1) is 28.6 Å². The van der Waals surface area contributed by atoms with Crippen molar-refractivity contribution in [3.8, 4) is 0 Å². The summed E-state index contributed by atoms with van der Waals surface area (Å²) in [5.41, 5.74) is 1.24. The normalized spacial score (nSPS) is 43.9. The van der Waals surface area contributed by atoms with Gasteiger partial charge in [-0.1, -0.05) is 13.8 Å². The van der Waals surface area contributed by atoms with Crippen LogP contribution in [0.1, 0.15) is 102 Å². The molecule has 0 radical (unpaired) electrons. The lowest BCUT2D eigenvalue weighted by molar-refractivity contribution is -0.200. The van der Waals surface area contributed by atoms with Gasteiger partial charge in [-0.15, -0.1) is 0 Å². The van der Waals surface area contributed by atoms with Gasteiger partial charge in [0, 0.05) is 23.0 Å². The molecule has 5 fully saturated rings. The number of thioether (sulfide) groups is 1. The van der Waals surface area contributed by atoms with Crippen molar-refractivity contribution >= 4 is 11.8 Å². The van der Waals surface area contributed by atoms with Gasteiger partial charge in [-0.25, -0.2) is 0 Å². The molecule has 4 nitrogen and oxygen atoms in total. The molecular formula is C32H52N2O2S. The number of rotatable bonds is 9. The molecule has 1 aromatic rings. The lowest BCUT2D eigenvalue weighted by Gasteiger charge is -2.63. The van der Waals surface area contributed by atoms with Crippen LogP contribution in [0.15, 0.2) is 23.0 Å². The van der Waals surface area contributed by atoms with Crippen molar-refractivity contribution in [3.63, 3.8) is 0 Å². The zero-order valence-electron chi connectivity index (χ0n) is 23.6. The van der Waals surface area contributed by atoms with Crippen LogP contribution in [0.2, 0.25) is 0 Å². The Hall–Kier alpha value is -0.490. The van der Waals surface area contributed by atoms with Crippen molar-refractivity contribution in [2.24, 2.45) is 28.6 Å². The molecule has 4 saturated carbocycles. The van der Waals surface area contributed by atoms with Crippen molar-refractivity contribution in [2.75, 3.05) is 38.5 Å². The Balaban J connectivity index is 1.00. The van der Waals surface area contributed by atoms with E-state index in [1.54, 1.807) is 0 Å². The van der Waals surface area contributed by atoms with Crippen LogP contribution in [0.3, 0.4) is 0 Å². The molecule has 0 aromatic carbocycles. The Bertz CT molecular complexity index is 887. The molecule has 0 amide bonds. The molecule has 1 saturated heterocycles. The molecule has 5 aliphatic rings. The van der Waals surface area contributed by atoms with E-state index in [-0.39, 0.29) is 5.41 Å². The monoisotopic (exact) mass is 528 g/mol. The van der Waals surface area contributed by atoms with Gasteiger partial charge in [0.2, 0.25) is 0 Å². The van der Waals surface area contributed by atoms with E-state index in [2.05, 4.69) is 41.9 Å². The first-order valence-electron chi connectivity index (χ1n) is 15.7. The van der Waals surface area contributed by atoms with E-state index >= 15 is 0 Å². The zero-order chi connectivity index (χ0) is 25.5. The van der Waals surface area contributed by atoms with Crippen molar-refractivity contribution in [3.05, 3.63) is 24.2 Å². The second-order valence-corrected chi connectivity index (χ2v) is 15.3. The highest BCUT2D eigenvalue weighted by Gasteiger charge is 2.67. The van der Waals surface area contributed by atoms with E-state index in [0.29, 0.717) is 23.2 Å². The molecule has 1 aliphatic heterocycles. The minimum atomic E-state index is -0.502. The molecule has 4 aliphatic carbocycles. The fourth-order valence-electron chi connectivity index (χ4n) is 10.2. The van der Waals surface area contributed by atoms with Crippen LogP contribution in [-0.2, 0) is 0 Å². The maximum atomic E-state index is 12.4. The van der Waals surface area contributed by atoms with Gasteiger partial charge >= 0.3 is 0 Å². The third kappa shape index (κ3) is 4.76. The molecule has 1 aromatic heterocycles. The summed E-state index contributed by atoms with van der Waals surface area (Å²) in [6.45, 7) is 11.3. The summed E-state index contributed by atoms with van der Waals surface area (Å²) >= 11 is 2.25. The Kier molecular flexibility index (Phi) is 7.82. The fraction of sp³-hybridized carbons (Fsp3) is 0.875. The molecule has 37 heavy (non-hydrogen) atoms. The summed E-state index contributed by atoms with van der Waals surface area (Å²) in [5, 5.41) is 17.0. The summed E-state index contributed by atoms with van der Waals surface area (Å²) in [5.74, 6) is 3.75. The standard InChI is InChI=1S/C32H52N2O2S/c1-30-12-8-26(37-21-16-33-15-5-19-34-17-3-4-18-34)22-25(30)6-7-29-28(30)9-13-31(2)27(10-14-32(29,31)35)24-11-20-36-23-24/h11,20,23,25-29,33,35H,3-10,12-19,21-22H2,1-2H3/t25-,26+,27-,28+,29-,30+,31-,32+/m1/s1. The molecule has 0 bridgehead atoms.